The Kier molecular flexibility index (Phi) is 3.62. The fourth-order valence-electron chi connectivity index (χ4n) is 2.34. The van der Waals surface area contributed by atoms with E-state index in [1.165, 1.54) is 0 Å². The molecule has 0 atom stereocenters. The van der Waals surface area contributed by atoms with Gasteiger partial charge in [-0.3, -0.25) is 9.78 Å². The molecule has 0 saturated heterocycles. The Bertz CT molecular complexity index is 830. The number of amides is 1. The summed E-state index contributed by atoms with van der Waals surface area (Å²) in [5.74, 6) is -0.408. The van der Waals surface area contributed by atoms with Crippen LogP contribution in [0.1, 0.15) is 10.4 Å². The second-order valence-electron chi connectivity index (χ2n) is 4.72. The van der Waals surface area contributed by atoms with Gasteiger partial charge in [0, 0.05) is 28.2 Å². The lowest BCUT2D eigenvalue weighted by Crippen LogP contribution is -2.10. The largest absolute Gasteiger partial charge is 0.366 e. The minimum Gasteiger partial charge on any atom is -0.366 e. The Labute approximate surface area is 127 Å². The number of carbonyl (C=O) groups excluding carboxylic acids is 1. The SMILES string of the molecule is CSc1ccc(C(N)=O)cc1-c1ccc2cnccc2c1. The summed E-state index contributed by atoms with van der Waals surface area (Å²) in [4.78, 5) is 16.6. The predicted octanol–water partition coefficient (Wildman–Crippen LogP) is 3.72. The highest BCUT2D eigenvalue weighted by molar-refractivity contribution is 7.98. The van der Waals surface area contributed by atoms with Crippen LogP contribution in [0.3, 0.4) is 0 Å². The summed E-state index contributed by atoms with van der Waals surface area (Å²) in [6, 6.07) is 13.7. The van der Waals surface area contributed by atoms with Gasteiger partial charge in [-0.05, 0) is 53.1 Å². The van der Waals surface area contributed by atoms with E-state index < -0.39 is 5.91 Å². The van der Waals surface area contributed by atoms with Gasteiger partial charge in [0.15, 0.2) is 0 Å². The first-order valence-corrected chi connectivity index (χ1v) is 7.73. The van der Waals surface area contributed by atoms with E-state index in [1.54, 1.807) is 24.0 Å². The van der Waals surface area contributed by atoms with E-state index in [-0.39, 0.29) is 0 Å². The Hall–Kier alpha value is -2.33. The first-order valence-electron chi connectivity index (χ1n) is 6.51. The van der Waals surface area contributed by atoms with Crippen LogP contribution in [-0.4, -0.2) is 17.1 Å². The number of pyridine rings is 1. The molecule has 3 nitrogen and oxygen atoms in total. The molecule has 0 aliphatic rings. The quantitative estimate of drug-likeness (QED) is 0.749. The van der Waals surface area contributed by atoms with Crippen LogP contribution < -0.4 is 5.73 Å². The number of benzene rings is 2. The molecule has 2 aromatic carbocycles. The average molecular weight is 294 g/mol. The third kappa shape index (κ3) is 2.62. The van der Waals surface area contributed by atoms with E-state index in [1.807, 2.05) is 42.8 Å². The lowest BCUT2D eigenvalue weighted by atomic mass is 10.00. The lowest BCUT2D eigenvalue weighted by molar-refractivity contribution is 0.100. The Morgan fingerprint density at radius 1 is 1.10 bits per heavy atom. The summed E-state index contributed by atoms with van der Waals surface area (Å²) in [6.45, 7) is 0. The molecular weight excluding hydrogens is 280 g/mol. The van der Waals surface area contributed by atoms with Crippen LogP contribution in [-0.2, 0) is 0 Å². The molecule has 4 heteroatoms. The van der Waals surface area contributed by atoms with E-state index >= 15 is 0 Å². The molecule has 2 N–H and O–H groups in total. The van der Waals surface area contributed by atoms with Gasteiger partial charge in [0.1, 0.15) is 0 Å². The van der Waals surface area contributed by atoms with E-state index in [0.717, 1.165) is 26.8 Å². The fourth-order valence-corrected chi connectivity index (χ4v) is 2.94. The predicted molar refractivity (Wildman–Crippen MR) is 87.5 cm³/mol. The summed E-state index contributed by atoms with van der Waals surface area (Å²) in [5, 5.41) is 2.22. The van der Waals surface area contributed by atoms with Crippen molar-refractivity contribution >= 4 is 28.4 Å². The zero-order valence-electron chi connectivity index (χ0n) is 11.5. The van der Waals surface area contributed by atoms with Crippen LogP contribution in [0.25, 0.3) is 21.9 Å². The normalized spacial score (nSPS) is 10.7. The summed E-state index contributed by atoms with van der Waals surface area (Å²) < 4.78 is 0. The van der Waals surface area contributed by atoms with E-state index in [9.17, 15) is 4.79 Å². The molecule has 0 aliphatic carbocycles. The molecule has 0 spiro atoms. The molecule has 0 bridgehead atoms. The lowest BCUT2D eigenvalue weighted by Gasteiger charge is -2.10. The Morgan fingerprint density at radius 2 is 1.95 bits per heavy atom. The van der Waals surface area contributed by atoms with Gasteiger partial charge >= 0.3 is 0 Å². The van der Waals surface area contributed by atoms with Crippen molar-refractivity contribution in [3.05, 3.63) is 60.4 Å². The number of nitrogens with zero attached hydrogens (tertiary/aromatic N) is 1. The molecule has 3 rings (SSSR count). The van der Waals surface area contributed by atoms with Crippen molar-refractivity contribution in [3.8, 4) is 11.1 Å². The first kappa shape index (κ1) is 13.6. The molecule has 0 radical (unpaired) electrons. The number of fused-ring (bicyclic) bond motifs is 1. The van der Waals surface area contributed by atoms with Gasteiger partial charge in [0.05, 0.1) is 0 Å². The van der Waals surface area contributed by atoms with Crippen molar-refractivity contribution in [1.29, 1.82) is 0 Å². The molecule has 1 aromatic heterocycles. The number of hydrogen-bond donors (Lipinski definition) is 1. The van der Waals surface area contributed by atoms with E-state index in [0.29, 0.717) is 5.56 Å². The van der Waals surface area contributed by atoms with Crippen LogP contribution in [0, 0.1) is 0 Å². The van der Waals surface area contributed by atoms with Crippen molar-refractivity contribution in [3.63, 3.8) is 0 Å². The van der Waals surface area contributed by atoms with Crippen molar-refractivity contribution in [2.75, 3.05) is 6.26 Å². The molecule has 1 heterocycles. The molecular formula is C17H14N2OS. The minimum atomic E-state index is -0.408. The highest BCUT2D eigenvalue weighted by Gasteiger charge is 2.09. The first-order chi connectivity index (χ1) is 10.2. The van der Waals surface area contributed by atoms with Crippen LogP contribution in [0.2, 0.25) is 0 Å². The number of thioether (sulfide) groups is 1. The Balaban J connectivity index is 2.20. The second-order valence-corrected chi connectivity index (χ2v) is 5.56. The topological polar surface area (TPSA) is 56.0 Å². The maximum Gasteiger partial charge on any atom is 0.248 e. The second kappa shape index (κ2) is 5.58. The number of aromatic nitrogens is 1. The van der Waals surface area contributed by atoms with Gasteiger partial charge in [0.25, 0.3) is 0 Å². The zero-order valence-corrected chi connectivity index (χ0v) is 12.4. The van der Waals surface area contributed by atoms with Crippen LogP contribution in [0.5, 0.6) is 0 Å². The zero-order chi connectivity index (χ0) is 14.8. The minimum absolute atomic E-state index is 0.408. The summed E-state index contributed by atoms with van der Waals surface area (Å²) in [6.07, 6.45) is 5.64. The number of hydrogen-bond acceptors (Lipinski definition) is 3. The number of nitrogens with two attached hydrogens (primary N) is 1. The molecule has 0 fully saturated rings. The monoisotopic (exact) mass is 294 g/mol. The summed E-state index contributed by atoms with van der Waals surface area (Å²) in [5.41, 5.74) is 8.01. The van der Waals surface area contributed by atoms with Gasteiger partial charge in [-0.2, -0.15) is 0 Å². The van der Waals surface area contributed by atoms with Crippen LogP contribution >= 0.6 is 11.8 Å². The van der Waals surface area contributed by atoms with Gasteiger partial charge in [-0.15, -0.1) is 11.8 Å². The van der Waals surface area contributed by atoms with Crippen LogP contribution in [0.4, 0.5) is 0 Å². The molecule has 3 aromatic rings. The number of carbonyl (C=O) groups is 1. The maximum absolute atomic E-state index is 11.4. The standard InChI is InChI=1S/C17H14N2OS/c1-21-16-5-4-13(17(18)20)9-15(16)12-2-3-14-10-19-7-6-11(14)8-12/h2-10H,1H3,(H2,18,20). The third-order valence-electron chi connectivity index (χ3n) is 3.44. The number of rotatable bonds is 3. The smallest absolute Gasteiger partial charge is 0.248 e. The molecule has 104 valence electrons. The molecule has 0 saturated carbocycles. The highest BCUT2D eigenvalue weighted by atomic mass is 32.2. The Morgan fingerprint density at radius 3 is 2.71 bits per heavy atom. The molecule has 1 amide bonds. The maximum atomic E-state index is 11.4. The van der Waals surface area contributed by atoms with E-state index in [4.69, 9.17) is 5.73 Å². The van der Waals surface area contributed by atoms with Gasteiger partial charge in [-0.1, -0.05) is 12.1 Å². The van der Waals surface area contributed by atoms with Gasteiger partial charge in [0.2, 0.25) is 5.91 Å². The van der Waals surface area contributed by atoms with Crippen molar-refractivity contribution in [2.45, 2.75) is 4.90 Å². The average Bonchev–Trinajstić information content (AvgIpc) is 2.53. The molecule has 21 heavy (non-hydrogen) atoms. The summed E-state index contributed by atoms with van der Waals surface area (Å²) >= 11 is 1.65. The highest BCUT2D eigenvalue weighted by Crippen LogP contribution is 2.32. The van der Waals surface area contributed by atoms with Crippen molar-refractivity contribution in [1.82, 2.24) is 4.98 Å². The van der Waals surface area contributed by atoms with Gasteiger partial charge < -0.3 is 5.73 Å². The fraction of sp³-hybridized carbons (Fsp3) is 0.0588. The summed E-state index contributed by atoms with van der Waals surface area (Å²) in [7, 11) is 0. The van der Waals surface area contributed by atoms with Crippen molar-refractivity contribution < 1.29 is 4.79 Å². The molecule has 0 unspecified atom stereocenters. The molecule has 0 aliphatic heterocycles. The van der Waals surface area contributed by atoms with Crippen molar-refractivity contribution in [2.24, 2.45) is 5.73 Å². The van der Waals surface area contributed by atoms with Crippen LogP contribution in [0.15, 0.2) is 59.8 Å². The third-order valence-corrected chi connectivity index (χ3v) is 4.23. The van der Waals surface area contributed by atoms with E-state index in [2.05, 4.69) is 11.1 Å². The van der Waals surface area contributed by atoms with Gasteiger partial charge in [-0.25, -0.2) is 0 Å². The number of primary amides is 1.